The molecule has 0 N–H and O–H groups in total. The molecular weight excluding hydrogens is 278 g/mol. The van der Waals surface area contributed by atoms with E-state index in [0.29, 0.717) is 24.3 Å². The standard InChI is InChI=1S/C18H27NO3/c1-13-4-2-3-5-16(13)12-22-18(21)15-8-10-19(11-9-15)17(20)14-6-7-14/h2-3,13-16H,4-12H2,1H3. The number of hydrogen-bond donors (Lipinski definition) is 0. The Labute approximate surface area is 132 Å². The Morgan fingerprint density at radius 2 is 1.73 bits per heavy atom. The van der Waals surface area contributed by atoms with Crippen molar-refractivity contribution in [3.63, 3.8) is 0 Å². The van der Waals surface area contributed by atoms with E-state index in [1.54, 1.807) is 0 Å². The molecule has 4 nitrogen and oxygen atoms in total. The normalized spacial score (nSPS) is 29.4. The number of carbonyl (C=O) groups excluding carboxylic acids is 2. The molecule has 2 fully saturated rings. The Kier molecular flexibility index (Phi) is 4.84. The van der Waals surface area contributed by atoms with Crippen LogP contribution in [-0.4, -0.2) is 36.5 Å². The Morgan fingerprint density at radius 1 is 1.05 bits per heavy atom. The summed E-state index contributed by atoms with van der Waals surface area (Å²) in [7, 11) is 0. The number of nitrogens with zero attached hydrogens (tertiary/aromatic N) is 1. The summed E-state index contributed by atoms with van der Waals surface area (Å²) >= 11 is 0. The zero-order valence-electron chi connectivity index (χ0n) is 13.5. The molecule has 4 heteroatoms. The van der Waals surface area contributed by atoms with E-state index in [-0.39, 0.29) is 17.8 Å². The fraction of sp³-hybridized carbons (Fsp3) is 0.778. The van der Waals surface area contributed by atoms with Crippen molar-refractivity contribution in [1.29, 1.82) is 0 Å². The first kappa shape index (κ1) is 15.6. The molecule has 0 bridgehead atoms. The molecule has 122 valence electrons. The average molecular weight is 305 g/mol. The Morgan fingerprint density at radius 3 is 2.36 bits per heavy atom. The van der Waals surface area contributed by atoms with E-state index in [1.165, 1.54) is 0 Å². The highest BCUT2D eigenvalue weighted by Gasteiger charge is 2.36. The van der Waals surface area contributed by atoms with Crippen molar-refractivity contribution in [3.8, 4) is 0 Å². The first-order valence-electron chi connectivity index (χ1n) is 8.75. The van der Waals surface area contributed by atoms with Gasteiger partial charge in [0.2, 0.25) is 5.91 Å². The third-order valence-corrected chi connectivity index (χ3v) is 5.42. The van der Waals surface area contributed by atoms with Gasteiger partial charge in [-0.1, -0.05) is 19.1 Å². The molecule has 2 aliphatic carbocycles. The van der Waals surface area contributed by atoms with E-state index >= 15 is 0 Å². The van der Waals surface area contributed by atoms with Gasteiger partial charge in [0.25, 0.3) is 0 Å². The van der Waals surface area contributed by atoms with Crippen molar-refractivity contribution in [1.82, 2.24) is 4.90 Å². The number of esters is 1. The minimum Gasteiger partial charge on any atom is -0.465 e. The fourth-order valence-corrected chi connectivity index (χ4v) is 3.47. The van der Waals surface area contributed by atoms with Crippen LogP contribution in [0.5, 0.6) is 0 Å². The second kappa shape index (κ2) is 6.84. The number of rotatable bonds is 4. The van der Waals surface area contributed by atoms with Gasteiger partial charge in [-0.15, -0.1) is 0 Å². The summed E-state index contributed by atoms with van der Waals surface area (Å²) in [6.45, 7) is 4.21. The number of ether oxygens (including phenoxy) is 1. The van der Waals surface area contributed by atoms with Gasteiger partial charge in [0.05, 0.1) is 12.5 Å². The fourth-order valence-electron chi connectivity index (χ4n) is 3.47. The highest BCUT2D eigenvalue weighted by Crippen LogP contribution is 2.32. The molecule has 0 aromatic rings. The number of amides is 1. The van der Waals surface area contributed by atoms with Crippen LogP contribution in [0.3, 0.4) is 0 Å². The molecule has 0 aromatic heterocycles. The molecule has 1 saturated carbocycles. The molecule has 3 aliphatic rings. The van der Waals surface area contributed by atoms with Crippen LogP contribution in [0.2, 0.25) is 0 Å². The maximum atomic E-state index is 12.2. The van der Waals surface area contributed by atoms with Gasteiger partial charge in [0.1, 0.15) is 0 Å². The molecule has 0 radical (unpaired) electrons. The number of piperidine rings is 1. The number of allylic oxidation sites excluding steroid dienone is 2. The van der Waals surface area contributed by atoms with Gasteiger partial charge < -0.3 is 9.64 Å². The zero-order chi connectivity index (χ0) is 15.5. The molecular formula is C18H27NO3. The third-order valence-electron chi connectivity index (χ3n) is 5.42. The van der Waals surface area contributed by atoms with Gasteiger partial charge in [0.15, 0.2) is 0 Å². The van der Waals surface area contributed by atoms with Gasteiger partial charge in [-0.25, -0.2) is 0 Å². The SMILES string of the molecule is CC1CC=CCC1COC(=O)C1CCN(C(=O)C2CC2)CC1. The van der Waals surface area contributed by atoms with E-state index in [1.807, 2.05) is 4.90 Å². The van der Waals surface area contributed by atoms with Crippen molar-refractivity contribution in [2.75, 3.05) is 19.7 Å². The summed E-state index contributed by atoms with van der Waals surface area (Å²) in [4.78, 5) is 26.2. The van der Waals surface area contributed by atoms with Crippen LogP contribution in [-0.2, 0) is 14.3 Å². The maximum Gasteiger partial charge on any atom is 0.309 e. The monoisotopic (exact) mass is 305 g/mol. The van der Waals surface area contributed by atoms with Crippen molar-refractivity contribution in [3.05, 3.63) is 12.2 Å². The van der Waals surface area contributed by atoms with E-state index in [0.717, 1.165) is 51.6 Å². The first-order chi connectivity index (χ1) is 10.6. The van der Waals surface area contributed by atoms with E-state index in [9.17, 15) is 9.59 Å². The van der Waals surface area contributed by atoms with Crippen molar-refractivity contribution in [2.45, 2.75) is 45.4 Å². The van der Waals surface area contributed by atoms with Gasteiger partial charge in [-0.3, -0.25) is 9.59 Å². The molecule has 1 heterocycles. The number of carbonyl (C=O) groups is 2. The van der Waals surface area contributed by atoms with Crippen LogP contribution in [0.15, 0.2) is 12.2 Å². The Hall–Kier alpha value is -1.32. The smallest absolute Gasteiger partial charge is 0.309 e. The number of hydrogen-bond acceptors (Lipinski definition) is 3. The van der Waals surface area contributed by atoms with E-state index in [4.69, 9.17) is 4.74 Å². The second-order valence-electron chi connectivity index (χ2n) is 7.18. The van der Waals surface area contributed by atoms with E-state index < -0.39 is 0 Å². The van der Waals surface area contributed by atoms with Crippen LogP contribution >= 0.6 is 0 Å². The minimum atomic E-state index is -0.0553. The van der Waals surface area contributed by atoms with Crippen LogP contribution in [0.25, 0.3) is 0 Å². The summed E-state index contributed by atoms with van der Waals surface area (Å²) in [5.74, 6) is 1.57. The Balaban J connectivity index is 1.40. The lowest BCUT2D eigenvalue weighted by Crippen LogP contribution is -2.41. The second-order valence-corrected chi connectivity index (χ2v) is 7.18. The van der Waals surface area contributed by atoms with Gasteiger partial charge in [-0.2, -0.15) is 0 Å². The molecule has 1 amide bonds. The van der Waals surface area contributed by atoms with Gasteiger partial charge in [-0.05, 0) is 50.4 Å². The zero-order valence-corrected chi connectivity index (χ0v) is 13.5. The first-order valence-corrected chi connectivity index (χ1v) is 8.75. The molecule has 0 aromatic carbocycles. The number of likely N-dealkylation sites (tertiary alicyclic amines) is 1. The quantitative estimate of drug-likeness (QED) is 0.593. The predicted molar refractivity (Wildman–Crippen MR) is 84.0 cm³/mol. The Bertz CT molecular complexity index is 447. The van der Waals surface area contributed by atoms with Crippen molar-refractivity contribution in [2.24, 2.45) is 23.7 Å². The van der Waals surface area contributed by atoms with Crippen LogP contribution < -0.4 is 0 Å². The average Bonchev–Trinajstić information content (AvgIpc) is 3.38. The molecule has 22 heavy (non-hydrogen) atoms. The molecule has 1 aliphatic heterocycles. The van der Waals surface area contributed by atoms with Gasteiger partial charge >= 0.3 is 5.97 Å². The molecule has 0 spiro atoms. The highest BCUT2D eigenvalue weighted by atomic mass is 16.5. The summed E-state index contributed by atoms with van der Waals surface area (Å²) < 4.78 is 5.57. The minimum absolute atomic E-state index is 0.0160. The lowest BCUT2D eigenvalue weighted by Gasteiger charge is -2.31. The van der Waals surface area contributed by atoms with Crippen LogP contribution in [0.4, 0.5) is 0 Å². The lowest BCUT2D eigenvalue weighted by atomic mass is 9.85. The predicted octanol–water partition coefficient (Wildman–Crippen LogP) is 2.78. The third kappa shape index (κ3) is 3.71. The summed E-state index contributed by atoms with van der Waals surface area (Å²) in [5, 5.41) is 0. The summed E-state index contributed by atoms with van der Waals surface area (Å²) in [5.41, 5.74) is 0. The molecule has 1 saturated heterocycles. The largest absolute Gasteiger partial charge is 0.465 e. The lowest BCUT2D eigenvalue weighted by molar-refractivity contribution is -0.153. The van der Waals surface area contributed by atoms with Gasteiger partial charge in [0, 0.05) is 19.0 Å². The molecule has 3 rings (SSSR count). The summed E-state index contributed by atoms with van der Waals surface area (Å²) in [6, 6.07) is 0. The van der Waals surface area contributed by atoms with Crippen LogP contribution in [0.1, 0.15) is 45.4 Å². The summed E-state index contributed by atoms with van der Waals surface area (Å²) in [6.07, 6.45) is 10.1. The van der Waals surface area contributed by atoms with Crippen molar-refractivity contribution >= 4 is 11.9 Å². The van der Waals surface area contributed by atoms with Crippen molar-refractivity contribution < 1.29 is 14.3 Å². The molecule has 2 unspecified atom stereocenters. The highest BCUT2D eigenvalue weighted by molar-refractivity contribution is 5.81. The van der Waals surface area contributed by atoms with Crippen LogP contribution in [0, 0.1) is 23.7 Å². The van der Waals surface area contributed by atoms with E-state index in [2.05, 4.69) is 19.1 Å². The topological polar surface area (TPSA) is 46.6 Å². The molecule has 2 atom stereocenters. The maximum absolute atomic E-state index is 12.2.